The SMILES string of the molecule is CCC(CC)C(=O)Nc1cccc(/C(C)=N/NC(=O)c2ccc(C)c([N+](=O)[O-])c2)c1. The molecule has 2 aromatic carbocycles. The van der Waals surface area contributed by atoms with Gasteiger partial charge in [0.1, 0.15) is 0 Å². The maximum absolute atomic E-state index is 12.3. The number of benzene rings is 2. The number of amides is 2. The second kappa shape index (κ2) is 10.3. The maximum Gasteiger partial charge on any atom is 0.273 e. The van der Waals surface area contributed by atoms with Gasteiger partial charge in [-0.2, -0.15) is 5.10 Å². The van der Waals surface area contributed by atoms with Crippen LogP contribution < -0.4 is 10.7 Å². The van der Waals surface area contributed by atoms with E-state index in [9.17, 15) is 19.7 Å². The molecule has 158 valence electrons. The summed E-state index contributed by atoms with van der Waals surface area (Å²) in [5.74, 6) is -0.613. The summed E-state index contributed by atoms with van der Waals surface area (Å²) < 4.78 is 0. The van der Waals surface area contributed by atoms with E-state index in [0.717, 1.165) is 18.4 Å². The number of hydrogen-bond donors (Lipinski definition) is 2. The lowest BCUT2D eigenvalue weighted by atomic mass is 10.0. The van der Waals surface area contributed by atoms with E-state index in [1.165, 1.54) is 18.2 Å². The third-order valence-electron chi connectivity index (χ3n) is 4.90. The van der Waals surface area contributed by atoms with Gasteiger partial charge in [0.15, 0.2) is 0 Å². The third kappa shape index (κ3) is 5.73. The Bertz CT molecular complexity index is 981. The molecule has 2 N–H and O–H groups in total. The van der Waals surface area contributed by atoms with Crippen molar-refractivity contribution in [3.63, 3.8) is 0 Å². The van der Waals surface area contributed by atoms with Gasteiger partial charge in [-0.05, 0) is 50.5 Å². The number of carbonyl (C=O) groups is 2. The summed E-state index contributed by atoms with van der Waals surface area (Å²) in [6, 6.07) is 11.4. The number of hydrazone groups is 1. The van der Waals surface area contributed by atoms with Crippen molar-refractivity contribution in [2.24, 2.45) is 11.0 Å². The molecule has 8 nitrogen and oxygen atoms in total. The number of nitro groups is 1. The summed E-state index contributed by atoms with van der Waals surface area (Å²) in [7, 11) is 0. The Morgan fingerprint density at radius 1 is 1.10 bits per heavy atom. The van der Waals surface area contributed by atoms with Crippen molar-refractivity contribution < 1.29 is 14.5 Å². The summed E-state index contributed by atoms with van der Waals surface area (Å²) in [5, 5.41) is 18.0. The zero-order valence-corrected chi connectivity index (χ0v) is 17.6. The number of rotatable bonds is 8. The molecule has 0 saturated carbocycles. The number of nitrogens with zero attached hydrogens (tertiary/aromatic N) is 2. The van der Waals surface area contributed by atoms with Gasteiger partial charge in [0.25, 0.3) is 11.6 Å². The smallest absolute Gasteiger partial charge is 0.273 e. The maximum atomic E-state index is 12.3. The Labute approximate surface area is 175 Å². The molecule has 0 heterocycles. The molecule has 0 spiro atoms. The van der Waals surface area contributed by atoms with Crippen LogP contribution in [0.5, 0.6) is 0 Å². The molecule has 0 atom stereocenters. The lowest BCUT2D eigenvalue weighted by Gasteiger charge is -2.13. The number of hydrogen-bond acceptors (Lipinski definition) is 5. The Hall–Kier alpha value is -3.55. The van der Waals surface area contributed by atoms with E-state index < -0.39 is 10.8 Å². The molecular formula is C22H26N4O4. The summed E-state index contributed by atoms with van der Waals surface area (Å²) in [5.41, 5.74) is 4.83. The second-order valence-electron chi connectivity index (χ2n) is 6.98. The highest BCUT2D eigenvalue weighted by molar-refractivity contribution is 6.02. The molecule has 0 aromatic heterocycles. The van der Waals surface area contributed by atoms with Crippen molar-refractivity contribution in [1.82, 2.24) is 5.43 Å². The molecule has 0 bridgehead atoms. The largest absolute Gasteiger partial charge is 0.326 e. The van der Waals surface area contributed by atoms with E-state index in [1.807, 2.05) is 19.9 Å². The number of aryl methyl sites for hydroxylation is 1. The molecule has 2 rings (SSSR count). The van der Waals surface area contributed by atoms with Crippen LogP contribution in [0.1, 0.15) is 55.1 Å². The van der Waals surface area contributed by atoms with Gasteiger partial charge in [-0.15, -0.1) is 0 Å². The van der Waals surface area contributed by atoms with Crippen LogP contribution in [-0.4, -0.2) is 22.4 Å². The molecule has 0 radical (unpaired) electrons. The fraction of sp³-hybridized carbons (Fsp3) is 0.318. The van der Waals surface area contributed by atoms with E-state index >= 15 is 0 Å². The summed E-state index contributed by atoms with van der Waals surface area (Å²) in [6.07, 6.45) is 1.54. The average molecular weight is 410 g/mol. The molecule has 0 aliphatic heterocycles. The van der Waals surface area contributed by atoms with E-state index in [2.05, 4.69) is 15.8 Å². The molecule has 0 unspecified atom stereocenters. The second-order valence-corrected chi connectivity index (χ2v) is 6.98. The molecular weight excluding hydrogens is 384 g/mol. The first kappa shape index (κ1) is 22.7. The van der Waals surface area contributed by atoms with Crippen molar-refractivity contribution in [3.8, 4) is 0 Å². The lowest BCUT2D eigenvalue weighted by molar-refractivity contribution is -0.385. The molecule has 2 aromatic rings. The van der Waals surface area contributed by atoms with Crippen LogP contribution in [0.15, 0.2) is 47.6 Å². The first-order valence-corrected chi connectivity index (χ1v) is 9.77. The van der Waals surface area contributed by atoms with Crippen molar-refractivity contribution in [2.45, 2.75) is 40.5 Å². The molecule has 0 aliphatic rings. The number of nitrogens with one attached hydrogen (secondary N) is 2. The predicted molar refractivity (Wildman–Crippen MR) is 117 cm³/mol. The molecule has 0 aliphatic carbocycles. The Balaban J connectivity index is 2.12. The standard InChI is InChI=1S/C22H26N4O4/c1-5-16(6-2)21(27)23-19-9-7-8-17(12-19)15(4)24-25-22(28)18-11-10-14(3)20(13-18)26(29)30/h7-13,16H,5-6H2,1-4H3,(H,23,27)(H,25,28)/b24-15+. The topological polar surface area (TPSA) is 114 Å². The number of nitro benzene ring substituents is 1. The Kier molecular flexibility index (Phi) is 7.80. The van der Waals surface area contributed by atoms with Crippen LogP contribution in [0.25, 0.3) is 0 Å². The van der Waals surface area contributed by atoms with Crippen molar-refractivity contribution in [1.29, 1.82) is 0 Å². The molecule has 0 saturated heterocycles. The van der Waals surface area contributed by atoms with Gasteiger partial charge >= 0.3 is 0 Å². The van der Waals surface area contributed by atoms with Gasteiger partial charge in [-0.25, -0.2) is 5.43 Å². The Morgan fingerprint density at radius 2 is 1.80 bits per heavy atom. The normalized spacial score (nSPS) is 11.3. The quantitative estimate of drug-likeness (QED) is 0.380. The highest BCUT2D eigenvalue weighted by Crippen LogP contribution is 2.19. The van der Waals surface area contributed by atoms with E-state index in [0.29, 0.717) is 17.0 Å². The minimum absolute atomic E-state index is 0.0268. The van der Waals surface area contributed by atoms with Gasteiger partial charge in [-0.1, -0.05) is 32.0 Å². The van der Waals surface area contributed by atoms with Crippen LogP contribution in [0.4, 0.5) is 11.4 Å². The zero-order valence-electron chi connectivity index (χ0n) is 17.6. The van der Waals surface area contributed by atoms with Gasteiger partial charge in [0.2, 0.25) is 5.91 Å². The molecule has 30 heavy (non-hydrogen) atoms. The third-order valence-corrected chi connectivity index (χ3v) is 4.90. The van der Waals surface area contributed by atoms with Crippen LogP contribution >= 0.6 is 0 Å². The summed E-state index contributed by atoms with van der Waals surface area (Å²) in [4.78, 5) is 35.1. The predicted octanol–water partition coefficient (Wildman–Crippen LogP) is 4.43. The van der Waals surface area contributed by atoms with Crippen molar-refractivity contribution in [2.75, 3.05) is 5.32 Å². The summed E-state index contributed by atoms with van der Waals surface area (Å²) >= 11 is 0. The Morgan fingerprint density at radius 3 is 2.43 bits per heavy atom. The number of carbonyl (C=O) groups excluding carboxylic acids is 2. The van der Waals surface area contributed by atoms with Crippen LogP contribution in [0.2, 0.25) is 0 Å². The van der Waals surface area contributed by atoms with E-state index in [4.69, 9.17) is 0 Å². The molecule has 0 fully saturated rings. The van der Waals surface area contributed by atoms with E-state index in [-0.39, 0.29) is 23.1 Å². The van der Waals surface area contributed by atoms with Crippen LogP contribution in [0, 0.1) is 23.0 Å². The molecule has 8 heteroatoms. The van der Waals surface area contributed by atoms with Crippen LogP contribution in [-0.2, 0) is 4.79 Å². The fourth-order valence-corrected chi connectivity index (χ4v) is 2.94. The van der Waals surface area contributed by atoms with Crippen LogP contribution in [0.3, 0.4) is 0 Å². The number of anilines is 1. The highest BCUT2D eigenvalue weighted by atomic mass is 16.6. The van der Waals surface area contributed by atoms with Gasteiger partial charge in [0.05, 0.1) is 10.6 Å². The first-order valence-electron chi connectivity index (χ1n) is 9.77. The van der Waals surface area contributed by atoms with Crippen molar-refractivity contribution in [3.05, 3.63) is 69.3 Å². The first-order chi connectivity index (χ1) is 14.3. The van der Waals surface area contributed by atoms with E-state index in [1.54, 1.807) is 32.0 Å². The van der Waals surface area contributed by atoms with Gasteiger partial charge in [-0.3, -0.25) is 19.7 Å². The average Bonchev–Trinajstić information content (AvgIpc) is 2.73. The minimum atomic E-state index is -0.546. The van der Waals surface area contributed by atoms with Gasteiger partial charge in [0, 0.05) is 28.8 Å². The highest BCUT2D eigenvalue weighted by Gasteiger charge is 2.16. The lowest BCUT2D eigenvalue weighted by Crippen LogP contribution is -2.22. The monoisotopic (exact) mass is 410 g/mol. The molecule has 2 amide bonds. The minimum Gasteiger partial charge on any atom is -0.326 e. The fourth-order valence-electron chi connectivity index (χ4n) is 2.94. The van der Waals surface area contributed by atoms with Gasteiger partial charge < -0.3 is 5.32 Å². The van der Waals surface area contributed by atoms with Crippen molar-refractivity contribution >= 4 is 28.9 Å². The summed E-state index contributed by atoms with van der Waals surface area (Å²) in [6.45, 7) is 7.29. The zero-order chi connectivity index (χ0) is 22.3.